The molecule has 4 nitrogen and oxygen atoms in total. The molecule has 6 heteroatoms. The molecular weight excluding hydrogens is 340 g/mol. The molecule has 1 heterocycles. The Kier molecular flexibility index (Phi) is 4.34. The van der Waals surface area contributed by atoms with E-state index < -0.39 is 10.0 Å². The number of nitrogens with zero attached hydrogens (tertiary/aromatic N) is 1. The van der Waals surface area contributed by atoms with Gasteiger partial charge in [-0.1, -0.05) is 12.1 Å². The summed E-state index contributed by atoms with van der Waals surface area (Å²) in [5, 5.41) is 4.05. The number of anilines is 2. The van der Waals surface area contributed by atoms with Gasteiger partial charge >= 0.3 is 0 Å². The van der Waals surface area contributed by atoms with Gasteiger partial charge in [-0.3, -0.25) is 4.31 Å². The summed E-state index contributed by atoms with van der Waals surface area (Å²) in [4.78, 5) is 0.222. The summed E-state index contributed by atoms with van der Waals surface area (Å²) in [6.45, 7) is 1.90. The zero-order valence-electron chi connectivity index (χ0n) is 13.4. The Balaban J connectivity index is 2.04. The number of nitrogen functional groups attached to an aromatic ring is 1. The molecule has 3 rings (SSSR count). The third-order valence-electron chi connectivity index (χ3n) is 3.94. The molecule has 0 unspecified atom stereocenters. The maximum absolute atomic E-state index is 12.9. The molecule has 0 amide bonds. The van der Waals surface area contributed by atoms with Crippen molar-refractivity contribution in [2.45, 2.75) is 11.8 Å². The van der Waals surface area contributed by atoms with Gasteiger partial charge in [-0.2, -0.15) is 11.3 Å². The summed E-state index contributed by atoms with van der Waals surface area (Å²) in [6, 6.07) is 14.1. The van der Waals surface area contributed by atoms with Crippen LogP contribution in [0.15, 0.2) is 64.2 Å². The van der Waals surface area contributed by atoms with Crippen LogP contribution in [-0.4, -0.2) is 15.5 Å². The van der Waals surface area contributed by atoms with Crippen LogP contribution in [0.4, 0.5) is 11.4 Å². The third kappa shape index (κ3) is 3.02. The Morgan fingerprint density at radius 2 is 1.71 bits per heavy atom. The van der Waals surface area contributed by atoms with Crippen molar-refractivity contribution in [1.82, 2.24) is 0 Å². The quantitative estimate of drug-likeness (QED) is 0.713. The monoisotopic (exact) mass is 358 g/mol. The zero-order chi connectivity index (χ0) is 17.3. The average molecular weight is 358 g/mol. The Bertz CT molecular complexity index is 947. The highest BCUT2D eigenvalue weighted by molar-refractivity contribution is 7.92. The van der Waals surface area contributed by atoms with Gasteiger partial charge in [-0.25, -0.2) is 8.42 Å². The Hall–Kier alpha value is -2.31. The van der Waals surface area contributed by atoms with Crippen LogP contribution in [0.2, 0.25) is 0 Å². The van der Waals surface area contributed by atoms with Crippen LogP contribution in [0, 0.1) is 6.92 Å². The fraction of sp³-hybridized carbons (Fsp3) is 0.111. The van der Waals surface area contributed by atoms with E-state index in [1.807, 2.05) is 41.9 Å². The van der Waals surface area contributed by atoms with Gasteiger partial charge in [0.15, 0.2) is 0 Å². The molecule has 0 radical (unpaired) electrons. The molecule has 2 aromatic carbocycles. The molecule has 0 bridgehead atoms. The number of benzene rings is 2. The molecule has 0 aliphatic heterocycles. The van der Waals surface area contributed by atoms with Gasteiger partial charge in [0.05, 0.1) is 10.6 Å². The van der Waals surface area contributed by atoms with Crippen molar-refractivity contribution in [3.05, 3.63) is 64.9 Å². The van der Waals surface area contributed by atoms with E-state index in [9.17, 15) is 8.42 Å². The molecule has 3 aromatic rings. The minimum Gasteiger partial charge on any atom is -0.399 e. The van der Waals surface area contributed by atoms with E-state index >= 15 is 0 Å². The molecule has 24 heavy (non-hydrogen) atoms. The van der Waals surface area contributed by atoms with Crippen molar-refractivity contribution in [2.75, 3.05) is 17.1 Å². The standard InChI is InChI=1S/C18H18N2O2S2/c1-13-3-4-14(15-9-10-23-12-15)11-18(13)20(2)24(21,22)17-7-5-16(19)6-8-17/h3-12H,19H2,1-2H3. The second-order valence-corrected chi connectivity index (χ2v) is 8.30. The van der Waals surface area contributed by atoms with Crippen molar-refractivity contribution in [3.8, 4) is 11.1 Å². The lowest BCUT2D eigenvalue weighted by Gasteiger charge is -2.22. The normalized spacial score (nSPS) is 11.4. The minimum absolute atomic E-state index is 0.222. The lowest BCUT2D eigenvalue weighted by atomic mass is 10.1. The van der Waals surface area contributed by atoms with Crippen molar-refractivity contribution in [2.24, 2.45) is 0 Å². The first-order chi connectivity index (χ1) is 11.4. The molecule has 0 saturated carbocycles. The summed E-state index contributed by atoms with van der Waals surface area (Å²) in [5.74, 6) is 0. The number of aryl methyl sites for hydroxylation is 1. The van der Waals surface area contributed by atoms with Crippen LogP contribution in [0.25, 0.3) is 11.1 Å². The number of hydrogen-bond donors (Lipinski definition) is 1. The number of thiophene rings is 1. The molecule has 124 valence electrons. The van der Waals surface area contributed by atoms with Crippen LogP contribution in [0.3, 0.4) is 0 Å². The zero-order valence-corrected chi connectivity index (χ0v) is 15.1. The Labute approximate surface area is 146 Å². The molecular formula is C18H18N2O2S2. The van der Waals surface area contributed by atoms with Gasteiger partial charge in [-0.05, 0) is 70.8 Å². The number of nitrogens with two attached hydrogens (primary N) is 1. The Morgan fingerprint density at radius 1 is 1.00 bits per heavy atom. The van der Waals surface area contributed by atoms with Gasteiger partial charge in [-0.15, -0.1) is 0 Å². The number of hydrogen-bond acceptors (Lipinski definition) is 4. The fourth-order valence-corrected chi connectivity index (χ4v) is 4.40. The molecule has 0 saturated heterocycles. The smallest absolute Gasteiger partial charge is 0.264 e. The van der Waals surface area contributed by atoms with Crippen molar-refractivity contribution in [3.63, 3.8) is 0 Å². The van der Waals surface area contributed by atoms with Crippen LogP contribution < -0.4 is 10.0 Å². The second-order valence-electron chi connectivity index (χ2n) is 5.55. The lowest BCUT2D eigenvalue weighted by molar-refractivity contribution is 0.594. The molecule has 1 aromatic heterocycles. The van der Waals surface area contributed by atoms with E-state index in [1.165, 1.54) is 16.4 Å². The summed E-state index contributed by atoms with van der Waals surface area (Å²) in [7, 11) is -2.06. The lowest BCUT2D eigenvalue weighted by Crippen LogP contribution is -2.27. The number of sulfonamides is 1. The van der Waals surface area contributed by atoms with E-state index in [1.54, 1.807) is 30.5 Å². The maximum atomic E-state index is 12.9. The van der Waals surface area contributed by atoms with E-state index in [2.05, 4.69) is 0 Å². The summed E-state index contributed by atoms with van der Waals surface area (Å²) >= 11 is 1.61. The van der Waals surface area contributed by atoms with E-state index in [0.717, 1.165) is 16.7 Å². The highest BCUT2D eigenvalue weighted by Crippen LogP contribution is 2.31. The highest BCUT2D eigenvalue weighted by atomic mass is 32.2. The topological polar surface area (TPSA) is 63.4 Å². The summed E-state index contributed by atoms with van der Waals surface area (Å²) < 4.78 is 27.1. The summed E-state index contributed by atoms with van der Waals surface area (Å²) in [6.07, 6.45) is 0. The predicted molar refractivity (Wildman–Crippen MR) is 101 cm³/mol. The molecule has 0 aliphatic carbocycles. The SMILES string of the molecule is Cc1ccc(-c2ccsc2)cc1N(C)S(=O)(=O)c1ccc(N)cc1. The van der Waals surface area contributed by atoms with Crippen LogP contribution in [-0.2, 0) is 10.0 Å². The maximum Gasteiger partial charge on any atom is 0.264 e. The van der Waals surface area contributed by atoms with Crippen LogP contribution >= 0.6 is 11.3 Å². The molecule has 2 N–H and O–H groups in total. The molecule has 0 fully saturated rings. The van der Waals surface area contributed by atoms with Gasteiger partial charge in [0, 0.05) is 12.7 Å². The summed E-state index contributed by atoms with van der Waals surface area (Å²) in [5.41, 5.74) is 9.82. The van der Waals surface area contributed by atoms with Crippen molar-refractivity contribution < 1.29 is 8.42 Å². The first kappa shape index (κ1) is 16.5. The highest BCUT2D eigenvalue weighted by Gasteiger charge is 2.22. The predicted octanol–water partition coefficient (Wildman–Crippen LogP) is 4.13. The van der Waals surface area contributed by atoms with Crippen molar-refractivity contribution >= 4 is 32.7 Å². The van der Waals surface area contributed by atoms with Crippen LogP contribution in [0.1, 0.15) is 5.56 Å². The average Bonchev–Trinajstić information content (AvgIpc) is 3.09. The van der Waals surface area contributed by atoms with Crippen LogP contribution in [0.5, 0.6) is 0 Å². The third-order valence-corrected chi connectivity index (χ3v) is 6.41. The van der Waals surface area contributed by atoms with Crippen molar-refractivity contribution in [1.29, 1.82) is 0 Å². The first-order valence-corrected chi connectivity index (χ1v) is 9.75. The molecule has 0 atom stereocenters. The van der Waals surface area contributed by atoms with E-state index in [0.29, 0.717) is 11.4 Å². The fourth-order valence-electron chi connectivity index (χ4n) is 2.48. The molecule has 0 aliphatic rings. The van der Waals surface area contributed by atoms with Gasteiger partial charge in [0.2, 0.25) is 0 Å². The second kappa shape index (κ2) is 6.30. The molecule has 0 spiro atoms. The van der Waals surface area contributed by atoms with Gasteiger partial charge in [0.1, 0.15) is 0 Å². The van der Waals surface area contributed by atoms with Gasteiger partial charge in [0.25, 0.3) is 10.0 Å². The Morgan fingerprint density at radius 3 is 2.33 bits per heavy atom. The van der Waals surface area contributed by atoms with E-state index in [-0.39, 0.29) is 4.90 Å². The van der Waals surface area contributed by atoms with E-state index in [4.69, 9.17) is 5.73 Å². The largest absolute Gasteiger partial charge is 0.399 e. The first-order valence-electron chi connectivity index (χ1n) is 7.37. The van der Waals surface area contributed by atoms with Gasteiger partial charge < -0.3 is 5.73 Å². The minimum atomic E-state index is -3.64. The number of rotatable bonds is 4.